The highest BCUT2D eigenvalue weighted by atomic mass is 35.5. The quantitative estimate of drug-likeness (QED) is 0.849. The average molecular weight is 266 g/mol. The first-order valence-corrected chi connectivity index (χ1v) is 6.93. The second kappa shape index (κ2) is 5.21. The van der Waals surface area contributed by atoms with Gasteiger partial charge < -0.3 is 5.73 Å². The van der Waals surface area contributed by atoms with Crippen LogP contribution in [0.15, 0.2) is 30.3 Å². The molecule has 1 atom stereocenters. The van der Waals surface area contributed by atoms with E-state index in [1.807, 2.05) is 12.1 Å². The number of halogens is 1. The fourth-order valence-electron chi connectivity index (χ4n) is 1.73. The summed E-state index contributed by atoms with van der Waals surface area (Å²) in [5.74, 6) is 0. The summed E-state index contributed by atoms with van der Waals surface area (Å²) in [4.78, 5) is 2.41. The minimum absolute atomic E-state index is 0.136. The number of benzene rings is 1. The van der Waals surface area contributed by atoms with Crippen molar-refractivity contribution in [1.29, 1.82) is 0 Å². The molecule has 0 radical (unpaired) electrons. The van der Waals surface area contributed by atoms with Gasteiger partial charge >= 0.3 is 0 Å². The number of aryl methyl sites for hydroxylation is 1. The van der Waals surface area contributed by atoms with Crippen molar-refractivity contribution in [3.63, 3.8) is 0 Å². The largest absolute Gasteiger partial charge is 0.323 e. The monoisotopic (exact) mass is 265 g/mol. The van der Waals surface area contributed by atoms with Gasteiger partial charge in [-0.2, -0.15) is 0 Å². The van der Waals surface area contributed by atoms with Crippen molar-refractivity contribution in [2.45, 2.75) is 26.3 Å². The van der Waals surface area contributed by atoms with E-state index < -0.39 is 0 Å². The van der Waals surface area contributed by atoms with Gasteiger partial charge in [0.2, 0.25) is 0 Å². The van der Waals surface area contributed by atoms with Crippen LogP contribution in [-0.2, 0) is 0 Å². The molecule has 1 unspecified atom stereocenters. The van der Waals surface area contributed by atoms with Gasteiger partial charge in [-0.05, 0) is 37.6 Å². The Morgan fingerprint density at radius 3 is 2.76 bits per heavy atom. The standard InChI is InChI=1S/C14H16ClNS/c1-3-12(16)14-7-6-13(17-14)10-8-9(2)4-5-11(10)15/h4-8,12H,3,16H2,1-2H3. The zero-order valence-corrected chi connectivity index (χ0v) is 11.6. The molecule has 1 aromatic carbocycles. The predicted molar refractivity (Wildman–Crippen MR) is 76.7 cm³/mol. The van der Waals surface area contributed by atoms with E-state index in [4.69, 9.17) is 17.3 Å². The summed E-state index contributed by atoms with van der Waals surface area (Å²) in [5, 5.41) is 0.800. The van der Waals surface area contributed by atoms with Gasteiger partial charge in [-0.3, -0.25) is 0 Å². The van der Waals surface area contributed by atoms with Crippen LogP contribution in [0.1, 0.15) is 29.8 Å². The van der Waals surface area contributed by atoms with Crippen LogP contribution >= 0.6 is 22.9 Å². The Morgan fingerprint density at radius 1 is 1.29 bits per heavy atom. The van der Waals surface area contributed by atoms with Crippen LogP contribution in [0.5, 0.6) is 0 Å². The van der Waals surface area contributed by atoms with Crippen molar-refractivity contribution in [3.05, 3.63) is 45.8 Å². The molecule has 17 heavy (non-hydrogen) atoms. The highest BCUT2D eigenvalue weighted by molar-refractivity contribution is 7.15. The normalized spacial score (nSPS) is 12.7. The zero-order valence-electron chi connectivity index (χ0n) is 10.0. The molecule has 0 amide bonds. The molecule has 0 spiro atoms. The molecule has 2 aromatic rings. The average Bonchev–Trinajstić information content (AvgIpc) is 2.80. The van der Waals surface area contributed by atoms with Gasteiger partial charge in [0, 0.05) is 26.4 Å². The predicted octanol–water partition coefficient (Wildman–Crippen LogP) is 4.79. The Kier molecular flexibility index (Phi) is 3.87. The van der Waals surface area contributed by atoms with Crippen LogP contribution < -0.4 is 5.73 Å². The van der Waals surface area contributed by atoms with Gasteiger partial charge in [0.15, 0.2) is 0 Å². The minimum atomic E-state index is 0.136. The summed E-state index contributed by atoms with van der Waals surface area (Å²) in [7, 11) is 0. The van der Waals surface area contributed by atoms with Gasteiger partial charge in [-0.25, -0.2) is 0 Å². The van der Waals surface area contributed by atoms with E-state index in [0.717, 1.165) is 17.0 Å². The van der Waals surface area contributed by atoms with E-state index in [2.05, 4.69) is 32.0 Å². The number of hydrogen-bond donors (Lipinski definition) is 1. The lowest BCUT2D eigenvalue weighted by Crippen LogP contribution is -2.05. The van der Waals surface area contributed by atoms with Crippen LogP contribution in [0.25, 0.3) is 10.4 Å². The van der Waals surface area contributed by atoms with Gasteiger partial charge in [-0.1, -0.05) is 30.2 Å². The summed E-state index contributed by atoms with van der Waals surface area (Å²) in [6.07, 6.45) is 0.960. The van der Waals surface area contributed by atoms with Crippen LogP contribution in [0.2, 0.25) is 5.02 Å². The maximum atomic E-state index is 6.23. The summed E-state index contributed by atoms with van der Waals surface area (Å²) < 4.78 is 0. The third kappa shape index (κ3) is 2.71. The van der Waals surface area contributed by atoms with E-state index in [-0.39, 0.29) is 6.04 Å². The molecule has 2 rings (SSSR count). The van der Waals surface area contributed by atoms with Crippen LogP contribution in [0, 0.1) is 6.92 Å². The lowest BCUT2D eigenvalue weighted by atomic mass is 10.1. The third-order valence-electron chi connectivity index (χ3n) is 2.82. The fraction of sp³-hybridized carbons (Fsp3) is 0.286. The lowest BCUT2D eigenvalue weighted by molar-refractivity contribution is 0.712. The molecule has 0 aliphatic heterocycles. The van der Waals surface area contributed by atoms with E-state index >= 15 is 0 Å². The smallest absolute Gasteiger partial charge is 0.0492 e. The molecule has 0 saturated heterocycles. The Labute approximate surface area is 111 Å². The molecule has 0 fully saturated rings. The summed E-state index contributed by atoms with van der Waals surface area (Å²) >= 11 is 7.96. The topological polar surface area (TPSA) is 26.0 Å². The maximum absolute atomic E-state index is 6.23. The third-order valence-corrected chi connectivity index (χ3v) is 4.40. The molecule has 2 N–H and O–H groups in total. The first kappa shape index (κ1) is 12.6. The van der Waals surface area contributed by atoms with Crippen molar-refractivity contribution < 1.29 is 0 Å². The van der Waals surface area contributed by atoms with Gasteiger partial charge in [0.05, 0.1) is 0 Å². The van der Waals surface area contributed by atoms with E-state index in [1.165, 1.54) is 15.3 Å². The Bertz CT molecular complexity index is 519. The molecule has 0 saturated carbocycles. The van der Waals surface area contributed by atoms with Crippen molar-refractivity contribution in [2.24, 2.45) is 5.73 Å². The summed E-state index contributed by atoms with van der Waals surface area (Å²) in [6.45, 7) is 4.18. The van der Waals surface area contributed by atoms with E-state index in [1.54, 1.807) is 11.3 Å². The van der Waals surface area contributed by atoms with Crippen molar-refractivity contribution >= 4 is 22.9 Å². The highest BCUT2D eigenvalue weighted by Crippen LogP contribution is 2.36. The van der Waals surface area contributed by atoms with Crippen LogP contribution in [0.3, 0.4) is 0 Å². The van der Waals surface area contributed by atoms with Crippen molar-refractivity contribution in [3.8, 4) is 10.4 Å². The first-order chi connectivity index (χ1) is 8.11. The Balaban J connectivity index is 2.40. The molecule has 3 heteroatoms. The number of nitrogens with two attached hydrogens (primary N) is 1. The van der Waals surface area contributed by atoms with Crippen molar-refractivity contribution in [2.75, 3.05) is 0 Å². The van der Waals surface area contributed by atoms with Gasteiger partial charge in [-0.15, -0.1) is 11.3 Å². The molecule has 90 valence electrons. The van der Waals surface area contributed by atoms with E-state index in [0.29, 0.717) is 0 Å². The lowest BCUT2D eigenvalue weighted by Gasteiger charge is -2.05. The summed E-state index contributed by atoms with van der Waals surface area (Å²) in [6, 6.07) is 10.4. The highest BCUT2D eigenvalue weighted by Gasteiger charge is 2.10. The molecule has 0 aliphatic rings. The Morgan fingerprint density at radius 2 is 2.06 bits per heavy atom. The maximum Gasteiger partial charge on any atom is 0.0492 e. The number of hydrogen-bond acceptors (Lipinski definition) is 2. The van der Waals surface area contributed by atoms with Crippen LogP contribution in [0.4, 0.5) is 0 Å². The summed E-state index contributed by atoms with van der Waals surface area (Å²) in [5.41, 5.74) is 8.36. The number of rotatable bonds is 3. The molecule has 1 aromatic heterocycles. The first-order valence-electron chi connectivity index (χ1n) is 5.73. The van der Waals surface area contributed by atoms with Gasteiger partial charge in [0.25, 0.3) is 0 Å². The van der Waals surface area contributed by atoms with Crippen molar-refractivity contribution in [1.82, 2.24) is 0 Å². The second-order valence-electron chi connectivity index (χ2n) is 4.20. The fourth-order valence-corrected chi connectivity index (χ4v) is 3.12. The molecule has 1 nitrogen and oxygen atoms in total. The Hall–Kier alpha value is -0.830. The number of thiophene rings is 1. The molecule has 0 aliphatic carbocycles. The molecular weight excluding hydrogens is 250 g/mol. The zero-order chi connectivity index (χ0) is 12.4. The second-order valence-corrected chi connectivity index (χ2v) is 5.72. The molecule has 0 bridgehead atoms. The van der Waals surface area contributed by atoms with E-state index in [9.17, 15) is 0 Å². The van der Waals surface area contributed by atoms with Gasteiger partial charge in [0.1, 0.15) is 0 Å². The minimum Gasteiger partial charge on any atom is -0.323 e. The molecule has 1 heterocycles. The van der Waals surface area contributed by atoms with Crippen LogP contribution in [-0.4, -0.2) is 0 Å². The molecular formula is C14H16ClNS. The SMILES string of the molecule is CCC(N)c1ccc(-c2cc(C)ccc2Cl)s1.